The van der Waals surface area contributed by atoms with E-state index in [-0.39, 0.29) is 0 Å². The Hall–Kier alpha value is -0.680. The van der Waals surface area contributed by atoms with E-state index in [1.54, 1.807) is 4.75 Å². The van der Waals surface area contributed by atoms with E-state index in [1.807, 2.05) is 0 Å². The Bertz CT molecular complexity index is 11.1. The first-order chi connectivity index (χ1) is 2.41. The summed E-state index contributed by atoms with van der Waals surface area (Å²) in [5.74, 6) is 3.50. The number of rotatable bonds is 0. The molecule has 0 aromatic heterocycles. The first-order valence-electron chi connectivity index (χ1n) is 0.592. The average molecular weight is 81.0 g/mol. The molecule has 5 heteroatoms. The van der Waals surface area contributed by atoms with Crippen LogP contribution in [0, 0.1) is 9.71 Å². The maximum Gasteiger partial charge on any atom is 0.154 e. The third-order valence-electron chi connectivity index (χ3n) is 0. The molecule has 0 atom stereocenters. The van der Waals surface area contributed by atoms with Crippen molar-refractivity contribution in [3.63, 3.8) is 0 Å². The van der Waals surface area contributed by atoms with Gasteiger partial charge in [-0.15, -0.1) is 0 Å². The van der Waals surface area contributed by atoms with Crippen LogP contribution in [0.1, 0.15) is 0 Å². The highest BCUT2D eigenvalue weighted by Crippen LogP contribution is 1.00. The van der Waals surface area contributed by atoms with Crippen LogP contribution in [0.15, 0.2) is 0 Å². The summed E-state index contributed by atoms with van der Waals surface area (Å²) >= 11 is 0. The molecule has 0 amide bonds. The molecular formula is H3NO4. The molecule has 0 saturated heterocycles. The zero-order valence-corrected chi connectivity index (χ0v) is 2.25. The Morgan fingerprint density at radius 1 is 1.80 bits per heavy atom. The molecule has 0 heterocycles. The topological polar surface area (TPSA) is 97.7 Å². The molecular weight excluding hydrogens is 78.0 g/mol. The summed E-state index contributed by atoms with van der Waals surface area (Å²) in [5.41, 5.74) is 0. The maximum absolute atomic E-state index is 7.88. The fraction of sp³-hybridized carbons (Fsp3) is 0. The summed E-state index contributed by atoms with van der Waals surface area (Å²) in [4.78, 5) is 7.88. The molecule has 0 aliphatic rings. The summed E-state index contributed by atoms with van der Waals surface area (Å²) in [6.45, 7) is 0. The van der Waals surface area contributed by atoms with Gasteiger partial charge < -0.3 is 5.21 Å². The van der Waals surface area contributed by atoms with Crippen LogP contribution in [0.3, 0.4) is 0 Å². The molecule has 0 saturated carbocycles. The summed E-state index contributed by atoms with van der Waals surface area (Å²) in [6, 6.07) is 0. The SMILES string of the molecule is NO.O=[O+][O-]. The molecule has 5 nitrogen and oxygen atoms in total. The van der Waals surface area contributed by atoms with E-state index in [0.29, 0.717) is 0 Å². The van der Waals surface area contributed by atoms with Crippen LogP contribution >= 0.6 is 0 Å². The first-order valence-corrected chi connectivity index (χ1v) is 0.592. The minimum Gasteiger partial charge on any atom is -0.320 e. The second-order valence-corrected chi connectivity index (χ2v) is 0.0680. The fourth-order valence-electron chi connectivity index (χ4n) is 0. The molecule has 0 bridgehead atoms. The van der Waals surface area contributed by atoms with Crippen molar-refractivity contribution in [1.29, 1.82) is 0 Å². The van der Waals surface area contributed by atoms with E-state index >= 15 is 0 Å². The molecule has 32 valence electrons. The van der Waals surface area contributed by atoms with E-state index in [0.717, 1.165) is 0 Å². The zero-order chi connectivity index (χ0) is 4.71. The third kappa shape index (κ3) is 12.5. The molecule has 5 heavy (non-hydrogen) atoms. The first kappa shape index (κ1) is 8.85. The lowest BCUT2D eigenvalue weighted by Gasteiger charge is -1.27. The van der Waals surface area contributed by atoms with E-state index in [2.05, 4.69) is 5.90 Å². The van der Waals surface area contributed by atoms with Gasteiger partial charge in [-0.3, -0.25) is 0 Å². The monoisotopic (exact) mass is 81.0 g/mol. The van der Waals surface area contributed by atoms with Gasteiger partial charge in [0.05, 0.1) is 0 Å². The largest absolute Gasteiger partial charge is 0.320 e. The summed E-state index contributed by atoms with van der Waals surface area (Å²) in [5, 5.41) is 14.4. The van der Waals surface area contributed by atoms with Crippen molar-refractivity contribution in [2.45, 2.75) is 0 Å². The van der Waals surface area contributed by atoms with Gasteiger partial charge in [0, 0.05) is 0 Å². The van der Waals surface area contributed by atoms with Crippen molar-refractivity contribution in [1.82, 2.24) is 0 Å². The number of hydrogen-bond donors (Lipinski definition) is 2. The Kier molecular flexibility index (Phi) is 309. The van der Waals surface area contributed by atoms with Crippen LogP contribution in [-0.2, 0) is 0 Å². The van der Waals surface area contributed by atoms with Crippen LogP contribution < -0.4 is 11.2 Å². The Balaban J connectivity index is 0. The van der Waals surface area contributed by atoms with Gasteiger partial charge in [0.15, 0.2) is 4.75 Å². The third-order valence-corrected chi connectivity index (χ3v) is 0. The van der Waals surface area contributed by atoms with Crippen LogP contribution in [0.4, 0.5) is 0 Å². The lowest BCUT2D eigenvalue weighted by atomic mass is 13.6. The lowest BCUT2D eigenvalue weighted by molar-refractivity contribution is -0.284. The molecule has 0 spiro atoms. The predicted molar refractivity (Wildman–Crippen MR) is 12.7 cm³/mol. The Labute approximate surface area is 27.4 Å². The minimum absolute atomic E-state index is 1.75. The molecule has 3 N–H and O–H groups in total. The van der Waals surface area contributed by atoms with E-state index in [4.69, 9.17) is 15.4 Å². The van der Waals surface area contributed by atoms with Gasteiger partial charge in [-0.25, -0.2) is 5.90 Å². The quantitative estimate of drug-likeness (QED) is 0.204. The second kappa shape index (κ2) is 175. The summed E-state index contributed by atoms with van der Waals surface area (Å²) in [6.07, 6.45) is 0. The molecule has 0 aromatic rings. The maximum atomic E-state index is 7.88. The van der Waals surface area contributed by atoms with Gasteiger partial charge in [-0.2, -0.15) is 0 Å². The normalized spacial score (nSPS) is 3.60. The van der Waals surface area contributed by atoms with Crippen LogP contribution in [0.2, 0.25) is 0 Å². The van der Waals surface area contributed by atoms with Crippen molar-refractivity contribution in [3.8, 4) is 0 Å². The van der Waals surface area contributed by atoms with Gasteiger partial charge in [0.2, 0.25) is 0 Å². The van der Waals surface area contributed by atoms with Crippen molar-refractivity contribution < 1.29 is 10.5 Å². The number of nitrogens with two attached hydrogens (primary N) is 1. The lowest BCUT2D eigenvalue weighted by Crippen LogP contribution is -1.82. The second-order valence-electron chi connectivity index (χ2n) is 0.0680. The zero-order valence-electron chi connectivity index (χ0n) is 2.25. The van der Waals surface area contributed by atoms with Gasteiger partial charge in [-0.05, 0) is 0 Å². The van der Waals surface area contributed by atoms with E-state index in [9.17, 15) is 0 Å². The van der Waals surface area contributed by atoms with Crippen molar-refractivity contribution in [2.24, 2.45) is 5.90 Å². The van der Waals surface area contributed by atoms with E-state index < -0.39 is 0 Å². The Morgan fingerprint density at radius 2 is 1.80 bits per heavy atom. The molecule has 0 aliphatic carbocycles. The van der Waals surface area contributed by atoms with Crippen molar-refractivity contribution in [3.05, 3.63) is 9.71 Å². The number of hydrogen-bond acceptors (Lipinski definition) is 4. The van der Waals surface area contributed by atoms with Gasteiger partial charge >= 0.3 is 0 Å². The highest BCUT2D eigenvalue weighted by Gasteiger charge is 1.27. The molecule has 0 fully saturated rings. The summed E-state index contributed by atoms with van der Waals surface area (Å²) < 4.78 is 1.75. The van der Waals surface area contributed by atoms with Crippen LogP contribution in [-0.4, -0.2) is 5.21 Å². The van der Waals surface area contributed by atoms with Gasteiger partial charge in [-0.1, -0.05) is 10.2 Å². The minimum atomic E-state index is 1.75. The Morgan fingerprint density at radius 3 is 1.80 bits per heavy atom. The van der Waals surface area contributed by atoms with Gasteiger partial charge in [0.1, 0.15) is 0 Å². The highest BCUT2D eigenvalue weighted by atomic mass is 17.2. The predicted octanol–water partition coefficient (Wildman–Crippen LogP) is -1.79. The van der Waals surface area contributed by atoms with Crippen LogP contribution in [0.25, 0.3) is 0 Å². The van der Waals surface area contributed by atoms with Crippen LogP contribution in [0.5, 0.6) is 0 Å². The average Bonchev–Trinajstić information content (AvgIpc) is 1.46. The molecule has 0 aromatic carbocycles. The molecule has 0 unspecified atom stereocenters. The van der Waals surface area contributed by atoms with E-state index in [1.165, 1.54) is 0 Å². The molecule has 0 rings (SSSR count). The van der Waals surface area contributed by atoms with Gasteiger partial charge in [0.25, 0.3) is 0 Å². The van der Waals surface area contributed by atoms with Crippen molar-refractivity contribution >= 4 is 0 Å². The standard InChI is InChI=1S/H3NO.O3/c1-2;1-3-2/h2H,1H2;. The fourth-order valence-corrected chi connectivity index (χ4v) is 0. The van der Waals surface area contributed by atoms with Crippen molar-refractivity contribution in [2.75, 3.05) is 0 Å². The molecule has 0 radical (unpaired) electrons. The highest BCUT2D eigenvalue weighted by molar-refractivity contribution is 4.20. The summed E-state index contributed by atoms with van der Waals surface area (Å²) in [7, 11) is 0. The smallest absolute Gasteiger partial charge is 0.154 e. The molecule has 0 aliphatic heterocycles.